The first kappa shape index (κ1) is 21.1. The van der Waals surface area contributed by atoms with Crippen molar-refractivity contribution in [2.45, 2.75) is 13.8 Å². The number of carboxylic acid groups (broad SMARTS) is 1. The molecule has 0 saturated heterocycles. The minimum atomic E-state index is -1.08. The Balaban J connectivity index is 1.98. The number of aromatic carboxylic acids is 1. The van der Waals surface area contributed by atoms with E-state index in [0.717, 1.165) is 5.56 Å². The Morgan fingerprint density at radius 2 is 1.62 bits per heavy atom. The zero-order valence-corrected chi connectivity index (χ0v) is 17.7. The molecule has 1 N–H and O–H groups in total. The van der Waals surface area contributed by atoms with Gasteiger partial charge in [-0.15, -0.1) is 0 Å². The Morgan fingerprint density at radius 1 is 0.906 bits per heavy atom. The lowest BCUT2D eigenvalue weighted by Gasteiger charge is -2.15. The van der Waals surface area contributed by atoms with E-state index in [0.29, 0.717) is 46.9 Å². The van der Waals surface area contributed by atoms with Crippen LogP contribution in [0.1, 0.15) is 24.2 Å². The molecule has 162 valence electrons. The number of hydrogen-bond acceptors (Lipinski definition) is 5. The van der Waals surface area contributed by atoms with Crippen LogP contribution >= 0.6 is 0 Å². The summed E-state index contributed by atoms with van der Waals surface area (Å²) in [6.45, 7) is 4.77. The van der Waals surface area contributed by atoms with E-state index in [2.05, 4.69) is 5.10 Å². The van der Waals surface area contributed by atoms with E-state index in [1.165, 1.54) is 16.8 Å². The molecule has 4 aromatic rings. The Kier molecular flexibility index (Phi) is 5.89. The molecule has 1 aromatic heterocycles. The molecule has 0 amide bonds. The van der Waals surface area contributed by atoms with Gasteiger partial charge in [0.1, 0.15) is 0 Å². The van der Waals surface area contributed by atoms with Crippen LogP contribution in [0.3, 0.4) is 0 Å². The number of aromatic nitrogens is 2. The molecule has 7 nitrogen and oxygen atoms in total. The van der Waals surface area contributed by atoms with Crippen molar-refractivity contribution in [1.29, 1.82) is 0 Å². The first-order valence-electron chi connectivity index (χ1n) is 10.3. The summed E-state index contributed by atoms with van der Waals surface area (Å²) in [5.74, 6) is 0.141. The van der Waals surface area contributed by atoms with Crippen molar-refractivity contribution in [3.8, 4) is 28.4 Å². The third kappa shape index (κ3) is 3.92. The highest BCUT2D eigenvalue weighted by atomic mass is 16.5. The van der Waals surface area contributed by atoms with Crippen LogP contribution in [-0.4, -0.2) is 34.1 Å². The van der Waals surface area contributed by atoms with E-state index < -0.39 is 5.97 Å². The van der Waals surface area contributed by atoms with Gasteiger partial charge in [0.15, 0.2) is 11.5 Å². The standard InChI is InChI=1S/C25H22N2O5/c1-3-31-21-13-12-16(15-22(21)32-4-2)23-19-10-5-6-11-20(19)24(28)27(26-23)18-9-7-8-17(14-18)25(29)30/h5-15H,3-4H2,1-2H3,(H,29,30). The van der Waals surface area contributed by atoms with Crippen molar-refractivity contribution in [1.82, 2.24) is 9.78 Å². The lowest BCUT2D eigenvalue weighted by atomic mass is 10.0. The predicted octanol–water partition coefficient (Wildman–Crippen LogP) is 4.55. The maximum absolute atomic E-state index is 13.2. The van der Waals surface area contributed by atoms with Crippen molar-refractivity contribution < 1.29 is 19.4 Å². The molecule has 0 aliphatic rings. The smallest absolute Gasteiger partial charge is 0.335 e. The Labute approximate surface area is 184 Å². The highest BCUT2D eigenvalue weighted by Gasteiger charge is 2.16. The summed E-state index contributed by atoms with van der Waals surface area (Å²) in [7, 11) is 0. The first-order valence-corrected chi connectivity index (χ1v) is 10.3. The zero-order valence-electron chi connectivity index (χ0n) is 17.7. The van der Waals surface area contributed by atoms with Gasteiger partial charge in [-0.1, -0.05) is 24.3 Å². The number of hydrogen-bond donors (Lipinski definition) is 1. The summed E-state index contributed by atoms with van der Waals surface area (Å²) in [6, 6.07) is 18.9. The largest absolute Gasteiger partial charge is 0.490 e. The summed E-state index contributed by atoms with van der Waals surface area (Å²) >= 11 is 0. The quantitative estimate of drug-likeness (QED) is 0.463. The van der Waals surface area contributed by atoms with Crippen LogP contribution in [0.4, 0.5) is 0 Å². The number of fused-ring (bicyclic) bond motifs is 1. The van der Waals surface area contributed by atoms with Crippen LogP contribution in [0.2, 0.25) is 0 Å². The van der Waals surface area contributed by atoms with Crippen LogP contribution < -0.4 is 15.0 Å². The average molecular weight is 430 g/mol. The molecule has 0 aliphatic carbocycles. The Bertz CT molecular complexity index is 1360. The molecule has 4 rings (SSSR count). The van der Waals surface area contributed by atoms with Crippen molar-refractivity contribution in [3.05, 3.63) is 82.6 Å². The number of rotatable bonds is 7. The van der Waals surface area contributed by atoms with Crippen LogP contribution in [-0.2, 0) is 0 Å². The number of carboxylic acids is 1. The molecule has 0 radical (unpaired) electrons. The van der Waals surface area contributed by atoms with Crippen molar-refractivity contribution in [2.24, 2.45) is 0 Å². The summed E-state index contributed by atoms with van der Waals surface area (Å²) in [5.41, 5.74) is 1.44. The van der Waals surface area contributed by atoms with Gasteiger partial charge in [-0.2, -0.15) is 9.78 Å². The predicted molar refractivity (Wildman–Crippen MR) is 122 cm³/mol. The maximum atomic E-state index is 13.2. The Hall–Kier alpha value is -4.13. The van der Waals surface area contributed by atoms with Crippen molar-refractivity contribution in [3.63, 3.8) is 0 Å². The number of carbonyl (C=O) groups is 1. The number of ether oxygens (including phenoxy) is 2. The van der Waals surface area contributed by atoms with Crippen molar-refractivity contribution in [2.75, 3.05) is 13.2 Å². The van der Waals surface area contributed by atoms with E-state index in [-0.39, 0.29) is 11.1 Å². The van der Waals surface area contributed by atoms with E-state index >= 15 is 0 Å². The fourth-order valence-corrected chi connectivity index (χ4v) is 3.55. The minimum Gasteiger partial charge on any atom is -0.490 e. The molecule has 0 aliphatic heterocycles. The van der Waals surface area contributed by atoms with Gasteiger partial charge >= 0.3 is 5.97 Å². The molecule has 0 saturated carbocycles. The van der Waals surface area contributed by atoms with Crippen LogP contribution in [0.15, 0.2) is 71.5 Å². The number of nitrogens with zero attached hydrogens (tertiary/aromatic N) is 2. The normalized spacial score (nSPS) is 10.8. The molecule has 32 heavy (non-hydrogen) atoms. The minimum absolute atomic E-state index is 0.0746. The van der Waals surface area contributed by atoms with Gasteiger partial charge in [0.2, 0.25) is 0 Å². The molecule has 0 fully saturated rings. The van der Waals surface area contributed by atoms with Gasteiger partial charge in [0, 0.05) is 10.9 Å². The molecule has 0 spiro atoms. The van der Waals surface area contributed by atoms with Crippen molar-refractivity contribution >= 4 is 16.7 Å². The summed E-state index contributed by atoms with van der Waals surface area (Å²) < 4.78 is 12.7. The molecule has 3 aromatic carbocycles. The fraction of sp³-hybridized carbons (Fsp3) is 0.160. The monoisotopic (exact) mass is 430 g/mol. The molecular weight excluding hydrogens is 408 g/mol. The van der Waals surface area contributed by atoms with Gasteiger partial charge in [-0.05, 0) is 56.3 Å². The van der Waals surface area contributed by atoms with Crippen LogP contribution in [0.25, 0.3) is 27.7 Å². The molecule has 0 unspecified atom stereocenters. The summed E-state index contributed by atoms with van der Waals surface area (Å²) in [5, 5.41) is 15.1. The second-order valence-corrected chi connectivity index (χ2v) is 6.99. The molecule has 0 bridgehead atoms. The second-order valence-electron chi connectivity index (χ2n) is 6.99. The molecule has 0 atom stereocenters. The van der Waals surface area contributed by atoms with Gasteiger partial charge in [0.05, 0.1) is 35.5 Å². The van der Waals surface area contributed by atoms with Crippen LogP contribution in [0, 0.1) is 0 Å². The van der Waals surface area contributed by atoms with Gasteiger partial charge in [-0.25, -0.2) is 4.79 Å². The van der Waals surface area contributed by atoms with Gasteiger partial charge < -0.3 is 14.6 Å². The number of benzene rings is 3. The van der Waals surface area contributed by atoms with E-state index in [4.69, 9.17) is 9.47 Å². The van der Waals surface area contributed by atoms with Crippen LogP contribution in [0.5, 0.6) is 11.5 Å². The van der Waals surface area contributed by atoms with E-state index in [1.54, 1.807) is 24.3 Å². The highest BCUT2D eigenvalue weighted by molar-refractivity contribution is 5.94. The van der Waals surface area contributed by atoms with E-state index in [1.807, 2.05) is 44.2 Å². The lowest BCUT2D eigenvalue weighted by molar-refractivity contribution is 0.0697. The summed E-state index contributed by atoms with van der Waals surface area (Å²) in [6.07, 6.45) is 0. The Morgan fingerprint density at radius 3 is 2.34 bits per heavy atom. The highest BCUT2D eigenvalue weighted by Crippen LogP contribution is 2.34. The third-order valence-corrected chi connectivity index (χ3v) is 4.96. The second kappa shape index (κ2) is 8.93. The SMILES string of the molecule is CCOc1ccc(-c2nn(-c3cccc(C(=O)O)c3)c(=O)c3ccccc23)cc1OCC. The summed E-state index contributed by atoms with van der Waals surface area (Å²) in [4.78, 5) is 24.6. The van der Waals surface area contributed by atoms with Gasteiger partial charge in [0.25, 0.3) is 5.56 Å². The first-order chi connectivity index (χ1) is 15.5. The lowest BCUT2D eigenvalue weighted by Crippen LogP contribution is -2.22. The average Bonchev–Trinajstić information content (AvgIpc) is 2.81. The topological polar surface area (TPSA) is 90.7 Å². The molecule has 1 heterocycles. The van der Waals surface area contributed by atoms with E-state index in [9.17, 15) is 14.7 Å². The zero-order chi connectivity index (χ0) is 22.7. The molecule has 7 heteroatoms. The molecular formula is C25H22N2O5. The van der Waals surface area contributed by atoms with Gasteiger partial charge in [-0.3, -0.25) is 4.79 Å². The fourth-order valence-electron chi connectivity index (χ4n) is 3.55. The third-order valence-electron chi connectivity index (χ3n) is 4.96. The maximum Gasteiger partial charge on any atom is 0.335 e.